The minimum absolute atomic E-state index is 0.0175. The first-order chi connectivity index (χ1) is 7.76. The molecule has 1 amide bonds. The fourth-order valence-electron chi connectivity index (χ4n) is 1.90. The van der Waals surface area contributed by atoms with Crippen molar-refractivity contribution in [2.45, 2.75) is 37.8 Å². The fourth-order valence-corrected chi connectivity index (χ4v) is 1.90. The molecule has 0 radical (unpaired) electrons. The van der Waals surface area contributed by atoms with E-state index in [0.717, 1.165) is 25.9 Å². The van der Waals surface area contributed by atoms with Gasteiger partial charge < -0.3 is 20.5 Å². The van der Waals surface area contributed by atoms with E-state index in [4.69, 9.17) is 15.2 Å². The van der Waals surface area contributed by atoms with E-state index in [0.29, 0.717) is 19.6 Å². The summed E-state index contributed by atoms with van der Waals surface area (Å²) in [5, 5.41) is 2.92. The van der Waals surface area contributed by atoms with E-state index in [1.165, 1.54) is 0 Å². The van der Waals surface area contributed by atoms with Crippen LogP contribution in [0.3, 0.4) is 0 Å². The second kappa shape index (κ2) is 7.60. The molecule has 2 atom stereocenters. The second-order valence-electron chi connectivity index (χ2n) is 4.14. The maximum absolute atomic E-state index is 11.7. The summed E-state index contributed by atoms with van der Waals surface area (Å²) in [7, 11) is 1.62. The summed E-state index contributed by atoms with van der Waals surface area (Å²) in [6, 6.07) is 0.0175. The molecule has 0 spiro atoms. The van der Waals surface area contributed by atoms with Crippen LogP contribution in [-0.4, -0.2) is 44.9 Å². The maximum atomic E-state index is 11.7. The molecule has 1 heterocycles. The third-order valence-corrected chi connectivity index (χ3v) is 2.69. The molecule has 0 aromatic heterocycles. The van der Waals surface area contributed by atoms with Gasteiger partial charge in [-0.1, -0.05) is 0 Å². The number of hydrogen-bond donors (Lipinski definition) is 2. The number of hydrogen-bond acceptors (Lipinski definition) is 4. The minimum Gasteiger partial charge on any atom is -0.383 e. The molecule has 0 aromatic carbocycles. The molecular weight excluding hydrogens is 208 g/mol. The minimum atomic E-state index is 0.0175. The van der Waals surface area contributed by atoms with Crippen molar-refractivity contribution in [2.24, 2.45) is 5.73 Å². The molecule has 0 bridgehead atoms. The zero-order chi connectivity index (χ0) is 11.8. The summed E-state index contributed by atoms with van der Waals surface area (Å²) < 4.78 is 10.4. The summed E-state index contributed by atoms with van der Waals surface area (Å²) in [5.41, 5.74) is 5.47. The lowest BCUT2D eigenvalue weighted by molar-refractivity contribution is -0.124. The Labute approximate surface area is 96.7 Å². The van der Waals surface area contributed by atoms with Gasteiger partial charge in [0.15, 0.2) is 0 Å². The van der Waals surface area contributed by atoms with Crippen LogP contribution in [0.4, 0.5) is 0 Å². The predicted octanol–water partition coefficient (Wildman–Crippen LogP) is 0.0355. The van der Waals surface area contributed by atoms with Crippen LogP contribution in [0.2, 0.25) is 0 Å². The number of rotatable bonds is 7. The molecular formula is C11H22N2O3. The SMILES string of the molecule is COCC(CCN)NC(=O)CC1CCCO1. The lowest BCUT2D eigenvalue weighted by Gasteiger charge is -2.18. The second-order valence-corrected chi connectivity index (χ2v) is 4.14. The van der Waals surface area contributed by atoms with E-state index in [1.807, 2.05) is 0 Å². The predicted molar refractivity (Wildman–Crippen MR) is 61.1 cm³/mol. The molecule has 1 fully saturated rings. The molecule has 16 heavy (non-hydrogen) atoms. The Bertz CT molecular complexity index is 199. The van der Waals surface area contributed by atoms with Crippen LogP contribution >= 0.6 is 0 Å². The highest BCUT2D eigenvalue weighted by atomic mass is 16.5. The number of carbonyl (C=O) groups excluding carboxylic acids is 1. The van der Waals surface area contributed by atoms with Gasteiger partial charge in [0, 0.05) is 13.7 Å². The molecule has 1 aliphatic rings. The van der Waals surface area contributed by atoms with E-state index < -0.39 is 0 Å². The van der Waals surface area contributed by atoms with Gasteiger partial charge in [-0.05, 0) is 25.8 Å². The normalized spacial score (nSPS) is 22.0. The topological polar surface area (TPSA) is 73.6 Å². The molecule has 94 valence electrons. The van der Waals surface area contributed by atoms with Gasteiger partial charge in [0.2, 0.25) is 5.91 Å². The van der Waals surface area contributed by atoms with Gasteiger partial charge in [-0.15, -0.1) is 0 Å². The van der Waals surface area contributed by atoms with Crippen LogP contribution in [0.15, 0.2) is 0 Å². The van der Waals surface area contributed by atoms with Crippen molar-refractivity contribution >= 4 is 5.91 Å². The quantitative estimate of drug-likeness (QED) is 0.647. The Morgan fingerprint density at radius 2 is 2.50 bits per heavy atom. The van der Waals surface area contributed by atoms with E-state index >= 15 is 0 Å². The van der Waals surface area contributed by atoms with Crippen LogP contribution in [-0.2, 0) is 14.3 Å². The summed E-state index contributed by atoms with van der Waals surface area (Å²) >= 11 is 0. The van der Waals surface area contributed by atoms with E-state index in [2.05, 4.69) is 5.32 Å². The summed E-state index contributed by atoms with van der Waals surface area (Å²) in [4.78, 5) is 11.7. The van der Waals surface area contributed by atoms with E-state index in [1.54, 1.807) is 7.11 Å². The molecule has 0 aromatic rings. The van der Waals surface area contributed by atoms with Gasteiger partial charge in [-0.25, -0.2) is 0 Å². The van der Waals surface area contributed by atoms with Gasteiger partial charge in [0.05, 0.1) is 25.2 Å². The molecule has 5 nitrogen and oxygen atoms in total. The van der Waals surface area contributed by atoms with Gasteiger partial charge >= 0.3 is 0 Å². The van der Waals surface area contributed by atoms with Crippen molar-refractivity contribution in [3.05, 3.63) is 0 Å². The Kier molecular flexibility index (Phi) is 6.37. The highest BCUT2D eigenvalue weighted by Gasteiger charge is 2.20. The molecule has 1 rings (SSSR count). The average Bonchev–Trinajstić information content (AvgIpc) is 2.71. The lowest BCUT2D eigenvalue weighted by atomic mass is 10.1. The summed E-state index contributed by atoms with van der Waals surface area (Å²) in [6.45, 7) is 1.84. The van der Waals surface area contributed by atoms with Gasteiger partial charge in [0.1, 0.15) is 0 Å². The highest BCUT2D eigenvalue weighted by Crippen LogP contribution is 2.15. The largest absolute Gasteiger partial charge is 0.383 e. The first kappa shape index (κ1) is 13.4. The third-order valence-electron chi connectivity index (χ3n) is 2.69. The lowest BCUT2D eigenvalue weighted by Crippen LogP contribution is -2.40. The highest BCUT2D eigenvalue weighted by molar-refractivity contribution is 5.76. The van der Waals surface area contributed by atoms with Crippen LogP contribution in [0.5, 0.6) is 0 Å². The van der Waals surface area contributed by atoms with Crippen LogP contribution in [0, 0.1) is 0 Å². The van der Waals surface area contributed by atoms with E-state index in [9.17, 15) is 4.79 Å². The zero-order valence-electron chi connectivity index (χ0n) is 9.91. The number of amides is 1. The smallest absolute Gasteiger partial charge is 0.222 e. The van der Waals surface area contributed by atoms with Crippen LogP contribution in [0.25, 0.3) is 0 Å². The average molecular weight is 230 g/mol. The number of nitrogens with one attached hydrogen (secondary N) is 1. The van der Waals surface area contributed by atoms with Crippen molar-refractivity contribution in [3.8, 4) is 0 Å². The molecule has 0 saturated carbocycles. The fraction of sp³-hybridized carbons (Fsp3) is 0.909. The summed E-state index contributed by atoms with van der Waals surface area (Å²) in [6.07, 6.45) is 3.33. The standard InChI is InChI=1S/C11H22N2O3/c1-15-8-9(4-5-12)13-11(14)7-10-3-2-6-16-10/h9-10H,2-8,12H2,1H3,(H,13,14). The van der Waals surface area contributed by atoms with E-state index in [-0.39, 0.29) is 18.1 Å². The van der Waals surface area contributed by atoms with Gasteiger partial charge in [-0.3, -0.25) is 4.79 Å². The zero-order valence-corrected chi connectivity index (χ0v) is 9.91. The van der Waals surface area contributed by atoms with Gasteiger partial charge in [-0.2, -0.15) is 0 Å². The Morgan fingerprint density at radius 1 is 1.69 bits per heavy atom. The third kappa shape index (κ3) is 4.92. The maximum Gasteiger partial charge on any atom is 0.222 e. The van der Waals surface area contributed by atoms with Crippen molar-refractivity contribution in [3.63, 3.8) is 0 Å². The number of ether oxygens (including phenoxy) is 2. The Morgan fingerprint density at radius 3 is 3.06 bits per heavy atom. The number of carbonyl (C=O) groups is 1. The monoisotopic (exact) mass is 230 g/mol. The first-order valence-corrected chi connectivity index (χ1v) is 5.86. The molecule has 2 unspecified atom stereocenters. The Hall–Kier alpha value is -0.650. The molecule has 1 saturated heterocycles. The van der Waals surface area contributed by atoms with Gasteiger partial charge in [0.25, 0.3) is 0 Å². The van der Waals surface area contributed by atoms with Crippen molar-refractivity contribution in [1.29, 1.82) is 0 Å². The van der Waals surface area contributed by atoms with Crippen LogP contribution < -0.4 is 11.1 Å². The van der Waals surface area contributed by atoms with Crippen LogP contribution in [0.1, 0.15) is 25.7 Å². The number of methoxy groups -OCH3 is 1. The Balaban J connectivity index is 2.23. The summed E-state index contributed by atoms with van der Waals surface area (Å²) in [5.74, 6) is 0.0300. The number of nitrogens with two attached hydrogens (primary N) is 1. The molecule has 5 heteroatoms. The molecule has 3 N–H and O–H groups in total. The van der Waals surface area contributed by atoms with Crippen molar-refractivity contribution in [1.82, 2.24) is 5.32 Å². The first-order valence-electron chi connectivity index (χ1n) is 5.86. The molecule has 1 aliphatic heterocycles. The van der Waals surface area contributed by atoms with Crippen molar-refractivity contribution in [2.75, 3.05) is 26.9 Å². The molecule has 0 aliphatic carbocycles. The van der Waals surface area contributed by atoms with Crippen molar-refractivity contribution < 1.29 is 14.3 Å².